The van der Waals surface area contributed by atoms with E-state index in [-0.39, 0.29) is 23.6 Å². The van der Waals surface area contributed by atoms with E-state index in [0.29, 0.717) is 41.2 Å². The molecule has 1 aliphatic rings. The molecule has 1 fully saturated rings. The number of rotatable bonds is 5. The summed E-state index contributed by atoms with van der Waals surface area (Å²) in [5, 5.41) is 0. The molecule has 4 aromatic rings. The predicted molar refractivity (Wildman–Crippen MR) is 128 cm³/mol. The number of imidazole rings is 1. The Morgan fingerprint density at radius 2 is 1.92 bits per heavy atom. The Labute approximate surface area is 205 Å². The van der Waals surface area contributed by atoms with Crippen LogP contribution in [0.4, 0.5) is 13.2 Å². The number of hydrogen-bond acceptors (Lipinski definition) is 5. The van der Waals surface area contributed by atoms with Gasteiger partial charge in [0.2, 0.25) is 0 Å². The molecule has 1 aliphatic heterocycles. The Balaban J connectivity index is 1.42. The lowest BCUT2D eigenvalue weighted by atomic mass is 10.0. The van der Waals surface area contributed by atoms with Crippen molar-refractivity contribution >= 4 is 17.1 Å². The van der Waals surface area contributed by atoms with Crippen molar-refractivity contribution in [2.45, 2.75) is 38.6 Å². The molecule has 7 nitrogen and oxygen atoms in total. The number of carbonyl (C=O) groups excluding carboxylic acids is 1. The molecule has 4 heterocycles. The molecule has 0 N–H and O–H groups in total. The van der Waals surface area contributed by atoms with E-state index in [1.54, 1.807) is 18.5 Å². The van der Waals surface area contributed by atoms with Crippen LogP contribution in [0.2, 0.25) is 0 Å². The number of amides is 1. The Bertz CT molecular complexity index is 1380. The summed E-state index contributed by atoms with van der Waals surface area (Å²) in [7, 11) is 0. The SMILES string of the molecule is CC(C)n1c(-c2ccc(OC(F)(F)F)cc2)nc2cc(C(=O)N3CCC(c4cccnc4)C3)cnc21. The maximum absolute atomic E-state index is 13.2. The van der Waals surface area contributed by atoms with Crippen molar-refractivity contribution < 1.29 is 22.7 Å². The molecular formula is C26H24F3N5O2. The van der Waals surface area contributed by atoms with Crippen LogP contribution in [0, 0.1) is 0 Å². The van der Waals surface area contributed by atoms with Crippen LogP contribution in [-0.2, 0) is 0 Å². The molecule has 1 aromatic carbocycles. The Morgan fingerprint density at radius 1 is 1.14 bits per heavy atom. The first-order valence-electron chi connectivity index (χ1n) is 11.6. The zero-order valence-corrected chi connectivity index (χ0v) is 19.7. The number of likely N-dealkylation sites (tertiary alicyclic amines) is 1. The van der Waals surface area contributed by atoms with Crippen LogP contribution in [0.5, 0.6) is 5.75 Å². The average molecular weight is 496 g/mol. The second-order valence-electron chi connectivity index (χ2n) is 9.06. The summed E-state index contributed by atoms with van der Waals surface area (Å²) in [6, 6.07) is 11.2. The van der Waals surface area contributed by atoms with Gasteiger partial charge in [-0.05, 0) is 62.2 Å². The van der Waals surface area contributed by atoms with Gasteiger partial charge in [0, 0.05) is 49.2 Å². The quantitative estimate of drug-likeness (QED) is 0.360. The smallest absolute Gasteiger partial charge is 0.406 e. The second-order valence-corrected chi connectivity index (χ2v) is 9.06. The minimum atomic E-state index is -4.76. The maximum atomic E-state index is 13.2. The highest BCUT2D eigenvalue weighted by molar-refractivity contribution is 5.97. The van der Waals surface area contributed by atoms with E-state index in [2.05, 4.69) is 14.7 Å². The first-order chi connectivity index (χ1) is 17.2. The molecular weight excluding hydrogens is 471 g/mol. The van der Waals surface area contributed by atoms with Crippen LogP contribution < -0.4 is 4.74 Å². The number of ether oxygens (including phenoxy) is 1. The third kappa shape index (κ3) is 4.75. The molecule has 0 bridgehead atoms. The monoisotopic (exact) mass is 495 g/mol. The molecule has 0 spiro atoms. The molecule has 10 heteroatoms. The third-order valence-electron chi connectivity index (χ3n) is 6.27. The molecule has 186 valence electrons. The second kappa shape index (κ2) is 9.25. The van der Waals surface area contributed by atoms with Crippen LogP contribution in [0.15, 0.2) is 61.1 Å². The lowest BCUT2D eigenvalue weighted by molar-refractivity contribution is -0.274. The van der Waals surface area contributed by atoms with Gasteiger partial charge in [-0.2, -0.15) is 0 Å². The zero-order valence-electron chi connectivity index (χ0n) is 19.7. The highest BCUT2D eigenvalue weighted by Gasteiger charge is 2.31. The standard InChI is InChI=1S/C26H24F3N5O2/c1-16(2)34-23(17-5-7-21(8-6-17)36-26(27,28)29)32-22-12-20(14-31-24(22)34)25(35)33-11-9-19(15-33)18-4-3-10-30-13-18/h3-8,10,12-14,16,19H,9,11,15H2,1-2H3. The number of pyridine rings is 2. The number of fused-ring (bicyclic) bond motifs is 1. The normalized spacial score (nSPS) is 16.2. The summed E-state index contributed by atoms with van der Waals surface area (Å²) in [6.45, 7) is 5.19. The van der Waals surface area contributed by atoms with Crippen LogP contribution in [-0.4, -0.2) is 49.8 Å². The highest BCUT2D eigenvalue weighted by atomic mass is 19.4. The fraction of sp³-hybridized carbons (Fsp3) is 0.308. The molecule has 5 rings (SSSR count). The molecule has 0 aliphatic carbocycles. The van der Waals surface area contributed by atoms with E-state index in [9.17, 15) is 18.0 Å². The van der Waals surface area contributed by atoms with E-state index in [1.807, 2.05) is 41.6 Å². The van der Waals surface area contributed by atoms with Crippen molar-refractivity contribution in [2.75, 3.05) is 13.1 Å². The van der Waals surface area contributed by atoms with Gasteiger partial charge in [0.1, 0.15) is 17.1 Å². The van der Waals surface area contributed by atoms with E-state index in [4.69, 9.17) is 4.98 Å². The van der Waals surface area contributed by atoms with Crippen LogP contribution in [0.25, 0.3) is 22.6 Å². The maximum Gasteiger partial charge on any atom is 0.573 e. The number of nitrogens with zero attached hydrogens (tertiary/aromatic N) is 5. The lowest BCUT2D eigenvalue weighted by Crippen LogP contribution is -2.28. The Hall–Kier alpha value is -3.95. The topological polar surface area (TPSA) is 73.1 Å². The average Bonchev–Trinajstić information content (AvgIpc) is 3.49. The molecule has 0 radical (unpaired) electrons. The number of carbonyl (C=O) groups is 1. The summed E-state index contributed by atoms with van der Waals surface area (Å²) in [5.41, 5.74) is 3.32. The summed E-state index contributed by atoms with van der Waals surface area (Å²) < 4.78 is 43.4. The van der Waals surface area contributed by atoms with E-state index >= 15 is 0 Å². The van der Waals surface area contributed by atoms with Gasteiger partial charge >= 0.3 is 6.36 Å². The minimum absolute atomic E-state index is 0.0241. The fourth-order valence-electron chi connectivity index (χ4n) is 4.61. The first-order valence-corrected chi connectivity index (χ1v) is 11.6. The van der Waals surface area contributed by atoms with E-state index in [1.165, 1.54) is 24.3 Å². The summed E-state index contributed by atoms with van der Waals surface area (Å²) in [6.07, 6.45) is 1.25. The van der Waals surface area contributed by atoms with Crippen molar-refractivity contribution in [3.8, 4) is 17.1 Å². The van der Waals surface area contributed by atoms with Gasteiger partial charge < -0.3 is 14.2 Å². The van der Waals surface area contributed by atoms with Gasteiger partial charge in [0.05, 0.1) is 5.56 Å². The Morgan fingerprint density at radius 3 is 2.58 bits per heavy atom. The summed E-state index contributed by atoms with van der Waals surface area (Å²) in [4.78, 5) is 28.5. The summed E-state index contributed by atoms with van der Waals surface area (Å²) in [5.74, 6) is 0.383. The number of hydrogen-bond donors (Lipinski definition) is 0. The van der Waals surface area contributed by atoms with Gasteiger partial charge in [0.15, 0.2) is 5.65 Å². The molecule has 0 saturated carbocycles. The van der Waals surface area contributed by atoms with Gasteiger partial charge in [-0.3, -0.25) is 9.78 Å². The zero-order chi connectivity index (χ0) is 25.4. The van der Waals surface area contributed by atoms with Crippen molar-refractivity contribution in [1.29, 1.82) is 0 Å². The van der Waals surface area contributed by atoms with Gasteiger partial charge in [-0.1, -0.05) is 6.07 Å². The molecule has 1 saturated heterocycles. The van der Waals surface area contributed by atoms with E-state index < -0.39 is 6.36 Å². The number of alkyl halides is 3. The fourth-order valence-corrected chi connectivity index (χ4v) is 4.61. The first kappa shape index (κ1) is 23.8. The minimum Gasteiger partial charge on any atom is -0.406 e. The highest BCUT2D eigenvalue weighted by Crippen LogP contribution is 2.31. The predicted octanol–water partition coefficient (Wildman–Crippen LogP) is 5.60. The molecule has 1 amide bonds. The van der Waals surface area contributed by atoms with Crippen LogP contribution in [0.1, 0.15) is 48.1 Å². The molecule has 1 atom stereocenters. The van der Waals surface area contributed by atoms with E-state index in [0.717, 1.165) is 12.0 Å². The molecule has 36 heavy (non-hydrogen) atoms. The van der Waals surface area contributed by atoms with Crippen LogP contribution in [0.3, 0.4) is 0 Å². The van der Waals surface area contributed by atoms with Gasteiger partial charge in [-0.15, -0.1) is 13.2 Å². The van der Waals surface area contributed by atoms with Crippen molar-refractivity contribution in [1.82, 2.24) is 24.4 Å². The number of benzene rings is 1. The number of halogens is 3. The van der Waals surface area contributed by atoms with Crippen molar-refractivity contribution in [2.24, 2.45) is 0 Å². The van der Waals surface area contributed by atoms with Crippen molar-refractivity contribution in [3.63, 3.8) is 0 Å². The lowest BCUT2D eigenvalue weighted by Gasteiger charge is -2.17. The van der Waals surface area contributed by atoms with Crippen molar-refractivity contribution in [3.05, 3.63) is 72.2 Å². The Kier molecular flexibility index (Phi) is 6.11. The molecule has 3 aromatic heterocycles. The third-order valence-corrected chi connectivity index (χ3v) is 6.27. The van der Waals surface area contributed by atoms with Crippen LogP contribution >= 0.6 is 0 Å². The van der Waals surface area contributed by atoms with Gasteiger partial charge in [0.25, 0.3) is 5.91 Å². The molecule has 1 unspecified atom stereocenters. The van der Waals surface area contributed by atoms with Gasteiger partial charge in [-0.25, -0.2) is 9.97 Å². The number of aromatic nitrogens is 4. The largest absolute Gasteiger partial charge is 0.573 e. The summed E-state index contributed by atoms with van der Waals surface area (Å²) >= 11 is 0.